The first-order chi connectivity index (χ1) is 14.8. The summed E-state index contributed by atoms with van der Waals surface area (Å²) in [6.07, 6.45) is 1.97. The number of benzene rings is 1. The second-order valence-electron chi connectivity index (χ2n) is 7.19. The molecule has 0 saturated carbocycles. The van der Waals surface area contributed by atoms with E-state index in [9.17, 15) is 13.2 Å². The van der Waals surface area contributed by atoms with E-state index in [-0.39, 0.29) is 10.1 Å². The van der Waals surface area contributed by atoms with Crippen LogP contribution in [0.1, 0.15) is 24.3 Å². The smallest absolute Gasteiger partial charge is 0.253 e. The van der Waals surface area contributed by atoms with E-state index in [0.29, 0.717) is 28.9 Å². The molecule has 4 heterocycles. The first-order valence-corrected chi connectivity index (χ1v) is 13.8. The lowest BCUT2D eigenvalue weighted by Crippen LogP contribution is -2.49. The molecule has 12 heteroatoms. The van der Waals surface area contributed by atoms with Gasteiger partial charge in [-0.1, -0.05) is 29.4 Å². The second-order valence-corrected chi connectivity index (χ2v) is 13.2. The van der Waals surface area contributed by atoms with Crippen LogP contribution < -0.4 is 5.32 Å². The van der Waals surface area contributed by atoms with Crippen molar-refractivity contribution in [1.82, 2.24) is 14.3 Å². The fourth-order valence-electron chi connectivity index (χ4n) is 3.73. The summed E-state index contributed by atoms with van der Waals surface area (Å²) in [7, 11) is -3.80. The van der Waals surface area contributed by atoms with Crippen LogP contribution in [0.25, 0.3) is 20.4 Å². The van der Waals surface area contributed by atoms with Crippen LogP contribution in [0.15, 0.2) is 28.5 Å². The predicted octanol–water partition coefficient (Wildman–Crippen LogP) is 5.11. The maximum atomic E-state index is 13.1. The van der Waals surface area contributed by atoms with Gasteiger partial charge in [0.05, 0.1) is 29.8 Å². The fraction of sp³-hybridized carbons (Fsp3) is 0.316. The summed E-state index contributed by atoms with van der Waals surface area (Å²) >= 11 is 9.92. The highest BCUT2D eigenvalue weighted by Gasteiger charge is 2.38. The van der Waals surface area contributed by atoms with Gasteiger partial charge in [0, 0.05) is 6.54 Å². The van der Waals surface area contributed by atoms with Crippen LogP contribution in [0.5, 0.6) is 0 Å². The molecule has 31 heavy (non-hydrogen) atoms. The highest BCUT2D eigenvalue weighted by Crippen LogP contribution is 2.36. The number of nitrogens with one attached hydrogen (secondary N) is 1. The number of halogens is 1. The Morgan fingerprint density at radius 3 is 2.58 bits per heavy atom. The van der Waals surface area contributed by atoms with Crippen molar-refractivity contribution in [3.05, 3.63) is 33.6 Å². The maximum absolute atomic E-state index is 13.1. The lowest BCUT2D eigenvalue weighted by atomic mass is 10.0. The molecule has 1 fully saturated rings. The molecule has 1 aromatic carbocycles. The van der Waals surface area contributed by atoms with Crippen molar-refractivity contribution in [3.8, 4) is 0 Å². The Labute approximate surface area is 195 Å². The zero-order chi connectivity index (χ0) is 21.8. The molecule has 1 saturated heterocycles. The molecular weight excluding hydrogens is 496 g/mol. The van der Waals surface area contributed by atoms with Gasteiger partial charge in [-0.15, -0.1) is 22.7 Å². The number of anilines is 1. The number of thiophene rings is 1. The number of aryl methyl sites for hydroxylation is 1. The number of carbonyl (C=O) groups is 1. The van der Waals surface area contributed by atoms with Crippen LogP contribution in [0, 0.1) is 6.92 Å². The molecule has 4 aromatic rings. The fourth-order valence-corrected chi connectivity index (χ4v) is 9.01. The number of hydrogen-bond donors (Lipinski definition) is 1. The Kier molecular flexibility index (Phi) is 5.51. The van der Waals surface area contributed by atoms with E-state index >= 15 is 0 Å². The molecule has 7 nitrogen and oxygen atoms in total. The lowest BCUT2D eigenvalue weighted by molar-refractivity contribution is -0.120. The molecule has 1 N–H and O–H groups in total. The first kappa shape index (κ1) is 21.2. The number of thiazole rings is 2. The first-order valence-electron chi connectivity index (χ1n) is 9.58. The van der Waals surface area contributed by atoms with Gasteiger partial charge >= 0.3 is 0 Å². The van der Waals surface area contributed by atoms with Gasteiger partial charge in [0.25, 0.3) is 10.0 Å². The van der Waals surface area contributed by atoms with E-state index in [1.807, 2.05) is 19.1 Å². The number of fused-ring (bicyclic) bond motifs is 3. The molecule has 1 unspecified atom stereocenters. The van der Waals surface area contributed by atoms with Gasteiger partial charge < -0.3 is 5.32 Å². The van der Waals surface area contributed by atoms with Crippen molar-refractivity contribution in [2.24, 2.45) is 0 Å². The molecule has 1 atom stereocenters. The Balaban J connectivity index is 1.44. The lowest BCUT2D eigenvalue weighted by Gasteiger charge is -2.32. The average Bonchev–Trinajstić information content (AvgIpc) is 3.45. The average molecular weight is 513 g/mol. The molecule has 3 aromatic heterocycles. The Hall–Kier alpha value is -1.63. The minimum atomic E-state index is -3.80. The number of rotatable bonds is 4. The third-order valence-corrected chi connectivity index (χ3v) is 10.9. The largest absolute Gasteiger partial charge is 0.301 e. The summed E-state index contributed by atoms with van der Waals surface area (Å²) in [5.74, 6) is -0.360. The van der Waals surface area contributed by atoms with Gasteiger partial charge in [0.2, 0.25) is 5.91 Å². The van der Waals surface area contributed by atoms with E-state index in [1.165, 1.54) is 21.7 Å². The van der Waals surface area contributed by atoms with Crippen LogP contribution >= 0.6 is 45.6 Å². The molecule has 0 radical (unpaired) electrons. The zero-order valence-electron chi connectivity index (χ0n) is 16.3. The summed E-state index contributed by atoms with van der Waals surface area (Å²) < 4.78 is 30.1. The zero-order valence-corrected chi connectivity index (χ0v) is 20.3. The number of sulfonamides is 1. The van der Waals surface area contributed by atoms with E-state index in [4.69, 9.17) is 11.6 Å². The number of piperidine rings is 1. The van der Waals surface area contributed by atoms with Crippen LogP contribution in [0.4, 0.5) is 5.13 Å². The van der Waals surface area contributed by atoms with E-state index in [0.717, 1.165) is 43.2 Å². The quantitative estimate of drug-likeness (QED) is 0.410. The molecule has 1 aliphatic heterocycles. The summed E-state index contributed by atoms with van der Waals surface area (Å²) in [4.78, 5) is 22.2. The number of nitrogens with zero attached hydrogens (tertiary/aromatic N) is 3. The summed E-state index contributed by atoms with van der Waals surface area (Å²) in [6, 6.07) is 6.08. The van der Waals surface area contributed by atoms with Crippen molar-refractivity contribution < 1.29 is 13.2 Å². The molecule has 1 aliphatic rings. The Morgan fingerprint density at radius 2 is 1.84 bits per heavy atom. The third-order valence-electron chi connectivity index (χ3n) is 5.12. The monoisotopic (exact) mass is 512 g/mol. The second kappa shape index (κ2) is 8.05. The van der Waals surface area contributed by atoms with Gasteiger partial charge in [-0.05, 0) is 44.0 Å². The van der Waals surface area contributed by atoms with Gasteiger partial charge in [-0.25, -0.2) is 18.4 Å². The minimum absolute atomic E-state index is 0.153. The molecule has 162 valence electrons. The van der Waals surface area contributed by atoms with Crippen molar-refractivity contribution in [2.45, 2.75) is 36.4 Å². The van der Waals surface area contributed by atoms with Crippen LogP contribution in [-0.2, 0) is 14.8 Å². The Morgan fingerprint density at radius 1 is 1.10 bits per heavy atom. The molecule has 0 bridgehead atoms. The normalized spacial score (nSPS) is 18.1. The summed E-state index contributed by atoms with van der Waals surface area (Å²) in [5.41, 5.74) is 1.70. The Bertz CT molecular complexity index is 1410. The SMILES string of the molecule is Cc1nc2ccc3nc(NC(=O)C4CCCCN4S(=O)(=O)c4ccc(Cl)s4)sc3c2s1. The van der Waals surface area contributed by atoms with Crippen LogP contribution in [0.3, 0.4) is 0 Å². The minimum Gasteiger partial charge on any atom is -0.301 e. The number of amides is 1. The standard InChI is InChI=1S/C19H17ClN4O3S4/c1-10-21-11-5-6-12-17(16(11)28-10)30-19(22-12)23-18(25)13-4-2-3-9-24(13)31(26,27)15-8-7-14(20)29-15/h5-8,13H,2-4,9H2,1H3,(H,22,23,25). The topological polar surface area (TPSA) is 92.3 Å². The third kappa shape index (κ3) is 3.87. The number of hydrogen-bond acceptors (Lipinski definition) is 8. The van der Waals surface area contributed by atoms with Crippen LogP contribution in [0.2, 0.25) is 4.34 Å². The predicted molar refractivity (Wildman–Crippen MR) is 127 cm³/mol. The summed E-state index contributed by atoms with van der Waals surface area (Å²) in [5, 5.41) is 4.28. The molecule has 5 rings (SSSR count). The molecule has 0 aliphatic carbocycles. The van der Waals surface area contributed by atoms with Crippen molar-refractivity contribution in [1.29, 1.82) is 0 Å². The molecule has 0 spiro atoms. The van der Waals surface area contributed by atoms with Crippen molar-refractivity contribution in [3.63, 3.8) is 0 Å². The van der Waals surface area contributed by atoms with Crippen molar-refractivity contribution >= 4 is 87.1 Å². The van der Waals surface area contributed by atoms with Gasteiger partial charge in [0.1, 0.15) is 10.3 Å². The molecule has 1 amide bonds. The van der Waals surface area contributed by atoms with E-state index in [2.05, 4.69) is 15.3 Å². The van der Waals surface area contributed by atoms with Crippen molar-refractivity contribution in [2.75, 3.05) is 11.9 Å². The van der Waals surface area contributed by atoms with Crippen LogP contribution in [-0.4, -0.2) is 41.2 Å². The van der Waals surface area contributed by atoms with E-state index in [1.54, 1.807) is 17.4 Å². The number of carbonyl (C=O) groups excluding carboxylic acids is 1. The highest BCUT2D eigenvalue weighted by molar-refractivity contribution is 7.91. The maximum Gasteiger partial charge on any atom is 0.253 e. The van der Waals surface area contributed by atoms with Gasteiger partial charge in [0.15, 0.2) is 5.13 Å². The highest BCUT2D eigenvalue weighted by atomic mass is 35.5. The van der Waals surface area contributed by atoms with Gasteiger partial charge in [-0.2, -0.15) is 4.31 Å². The van der Waals surface area contributed by atoms with E-state index < -0.39 is 16.1 Å². The van der Waals surface area contributed by atoms with Gasteiger partial charge in [-0.3, -0.25) is 4.79 Å². The summed E-state index contributed by atoms with van der Waals surface area (Å²) in [6.45, 7) is 2.26. The number of aromatic nitrogens is 2. The molecular formula is C19H17ClN4O3S4.